The summed E-state index contributed by atoms with van der Waals surface area (Å²) in [6.07, 6.45) is 2.68. The highest BCUT2D eigenvalue weighted by Gasteiger charge is 2.15. The normalized spacial score (nSPS) is 12.6. The predicted octanol–water partition coefficient (Wildman–Crippen LogP) is 4.26. The first kappa shape index (κ1) is 14.8. The first-order valence-corrected chi connectivity index (χ1v) is 7.29. The molecule has 0 saturated carbocycles. The third kappa shape index (κ3) is 3.94. The van der Waals surface area contributed by atoms with E-state index in [1.54, 1.807) is 12.1 Å². The van der Waals surface area contributed by atoms with Crippen LogP contribution in [-0.4, -0.2) is 6.54 Å². The lowest BCUT2D eigenvalue weighted by Crippen LogP contribution is -2.23. The zero-order valence-corrected chi connectivity index (χ0v) is 12.2. The van der Waals surface area contributed by atoms with Gasteiger partial charge in [0.25, 0.3) is 0 Å². The lowest BCUT2D eigenvalue weighted by molar-refractivity contribution is 0.392. The summed E-state index contributed by atoms with van der Waals surface area (Å²) in [6.45, 7) is 5.12. The topological polar surface area (TPSA) is 25.2 Å². The molecule has 0 aliphatic carbocycles. The summed E-state index contributed by atoms with van der Waals surface area (Å²) < 4.78 is 19.1. The van der Waals surface area contributed by atoms with Gasteiger partial charge in [0.2, 0.25) is 0 Å². The molecule has 1 unspecified atom stereocenters. The maximum absolute atomic E-state index is 13.3. The number of furan rings is 1. The third-order valence-electron chi connectivity index (χ3n) is 3.34. The zero-order valence-electron chi connectivity index (χ0n) is 12.2. The van der Waals surface area contributed by atoms with Crippen LogP contribution in [0.1, 0.15) is 43.4 Å². The van der Waals surface area contributed by atoms with Gasteiger partial charge in [-0.25, -0.2) is 4.39 Å². The molecule has 2 rings (SSSR count). The van der Waals surface area contributed by atoms with E-state index >= 15 is 0 Å². The number of hydrogen-bond acceptors (Lipinski definition) is 2. The molecule has 0 radical (unpaired) electrons. The number of nitrogens with one attached hydrogen (secondary N) is 1. The van der Waals surface area contributed by atoms with Crippen LogP contribution in [0, 0.1) is 5.82 Å². The van der Waals surface area contributed by atoms with Crippen molar-refractivity contribution in [3.8, 4) is 0 Å². The number of benzene rings is 1. The van der Waals surface area contributed by atoms with Gasteiger partial charge in [0.15, 0.2) is 0 Å². The molecule has 1 heterocycles. The molecule has 108 valence electrons. The molecular weight excluding hydrogens is 253 g/mol. The van der Waals surface area contributed by atoms with Gasteiger partial charge >= 0.3 is 0 Å². The molecule has 1 atom stereocenters. The van der Waals surface area contributed by atoms with Gasteiger partial charge in [0.05, 0.1) is 6.04 Å². The summed E-state index contributed by atoms with van der Waals surface area (Å²) in [5, 5.41) is 3.47. The van der Waals surface area contributed by atoms with Gasteiger partial charge < -0.3 is 9.73 Å². The molecule has 0 bridgehead atoms. The Morgan fingerprint density at radius 1 is 1.20 bits per heavy atom. The van der Waals surface area contributed by atoms with Gasteiger partial charge in [-0.3, -0.25) is 0 Å². The maximum Gasteiger partial charge on any atom is 0.123 e. The van der Waals surface area contributed by atoms with Crippen LogP contribution in [0.5, 0.6) is 0 Å². The Bertz CT molecular complexity index is 535. The van der Waals surface area contributed by atoms with E-state index in [1.807, 2.05) is 18.2 Å². The minimum absolute atomic E-state index is 0.0945. The fraction of sp³-hybridized carbons (Fsp3) is 0.412. The molecule has 0 fully saturated rings. The van der Waals surface area contributed by atoms with Crippen molar-refractivity contribution < 1.29 is 8.81 Å². The first-order chi connectivity index (χ1) is 9.72. The summed E-state index contributed by atoms with van der Waals surface area (Å²) in [7, 11) is 0. The van der Waals surface area contributed by atoms with Crippen LogP contribution in [0.25, 0.3) is 0 Å². The van der Waals surface area contributed by atoms with Crippen LogP contribution >= 0.6 is 0 Å². The molecule has 2 aromatic rings. The van der Waals surface area contributed by atoms with Crippen molar-refractivity contribution in [2.75, 3.05) is 6.54 Å². The summed E-state index contributed by atoms with van der Waals surface area (Å²) in [5.74, 6) is 1.73. The highest BCUT2D eigenvalue weighted by molar-refractivity contribution is 5.20. The summed E-state index contributed by atoms with van der Waals surface area (Å²) in [6, 6.07) is 10.9. The van der Waals surface area contributed by atoms with Crippen molar-refractivity contribution in [1.29, 1.82) is 0 Å². The fourth-order valence-electron chi connectivity index (χ4n) is 2.26. The van der Waals surface area contributed by atoms with E-state index in [2.05, 4.69) is 19.2 Å². The molecule has 0 aliphatic heterocycles. The molecule has 1 aromatic carbocycles. The van der Waals surface area contributed by atoms with Crippen molar-refractivity contribution in [3.05, 3.63) is 59.3 Å². The average molecular weight is 275 g/mol. The monoisotopic (exact) mass is 275 g/mol. The van der Waals surface area contributed by atoms with E-state index in [1.165, 1.54) is 6.07 Å². The van der Waals surface area contributed by atoms with E-state index in [9.17, 15) is 4.39 Å². The number of hydrogen-bond donors (Lipinski definition) is 1. The van der Waals surface area contributed by atoms with Gasteiger partial charge in [-0.05, 0) is 49.2 Å². The molecule has 0 spiro atoms. The first-order valence-electron chi connectivity index (χ1n) is 7.29. The number of aryl methyl sites for hydroxylation is 1. The SMILES string of the molecule is CCCNC(Cc1cccc(F)c1)c1ccc(CC)o1. The van der Waals surface area contributed by atoms with E-state index in [-0.39, 0.29) is 11.9 Å². The Kier molecular flexibility index (Phi) is 5.36. The van der Waals surface area contributed by atoms with Crippen LogP contribution in [0.3, 0.4) is 0 Å². The van der Waals surface area contributed by atoms with Gasteiger partial charge in [-0.2, -0.15) is 0 Å². The predicted molar refractivity (Wildman–Crippen MR) is 79.2 cm³/mol. The van der Waals surface area contributed by atoms with Crippen LogP contribution < -0.4 is 5.32 Å². The number of halogens is 1. The van der Waals surface area contributed by atoms with Crippen LogP contribution in [0.15, 0.2) is 40.8 Å². The number of rotatable bonds is 7. The molecule has 3 heteroatoms. The second-order valence-electron chi connectivity index (χ2n) is 5.00. The minimum Gasteiger partial charge on any atom is -0.464 e. The fourth-order valence-corrected chi connectivity index (χ4v) is 2.26. The van der Waals surface area contributed by atoms with Crippen molar-refractivity contribution in [2.24, 2.45) is 0 Å². The average Bonchev–Trinajstić information content (AvgIpc) is 2.92. The minimum atomic E-state index is -0.189. The highest BCUT2D eigenvalue weighted by atomic mass is 19.1. The van der Waals surface area contributed by atoms with Crippen LogP contribution in [0.4, 0.5) is 4.39 Å². The largest absolute Gasteiger partial charge is 0.464 e. The Hall–Kier alpha value is -1.61. The van der Waals surface area contributed by atoms with E-state index in [4.69, 9.17) is 4.42 Å². The van der Waals surface area contributed by atoms with Crippen LogP contribution in [-0.2, 0) is 12.8 Å². The molecule has 0 aliphatic rings. The maximum atomic E-state index is 13.3. The summed E-state index contributed by atoms with van der Waals surface area (Å²) >= 11 is 0. The Labute approximate surface area is 120 Å². The van der Waals surface area contributed by atoms with E-state index in [0.29, 0.717) is 0 Å². The second-order valence-corrected chi connectivity index (χ2v) is 5.00. The van der Waals surface area contributed by atoms with Gasteiger partial charge in [0, 0.05) is 6.42 Å². The molecule has 1 aromatic heterocycles. The van der Waals surface area contributed by atoms with Crippen molar-refractivity contribution in [1.82, 2.24) is 5.32 Å². The molecule has 1 N–H and O–H groups in total. The van der Waals surface area contributed by atoms with Crippen molar-refractivity contribution in [3.63, 3.8) is 0 Å². The standard InChI is InChI=1S/C17H22FNO/c1-3-10-19-16(17-9-8-15(4-2)20-17)12-13-6-5-7-14(18)11-13/h5-9,11,16,19H,3-4,10,12H2,1-2H3. The van der Waals surface area contributed by atoms with Gasteiger partial charge in [-0.1, -0.05) is 26.0 Å². The Balaban J connectivity index is 2.14. The third-order valence-corrected chi connectivity index (χ3v) is 3.34. The van der Waals surface area contributed by atoms with E-state index in [0.717, 1.165) is 42.9 Å². The second kappa shape index (κ2) is 7.25. The van der Waals surface area contributed by atoms with Gasteiger partial charge in [0.1, 0.15) is 17.3 Å². The Morgan fingerprint density at radius 3 is 2.70 bits per heavy atom. The van der Waals surface area contributed by atoms with Crippen LogP contribution in [0.2, 0.25) is 0 Å². The van der Waals surface area contributed by atoms with E-state index < -0.39 is 0 Å². The quantitative estimate of drug-likeness (QED) is 0.816. The molecule has 0 amide bonds. The molecule has 0 saturated heterocycles. The zero-order chi connectivity index (χ0) is 14.4. The summed E-state index contributed by atoms with van der Waals surface area (Å²) in [4.78, 5) is 0. The lowest BCUT2D eigenvalue weighted by atomic mass is 10.0. The molecule has 20 heavy (non-hydrogen) atoms. The van der Waals surface area contributed by atoms with Gasteiger partial charge in [-0.15, -0.1) is 0 Å². The lowest BCUT2D eigenvalue weighted by Gasteiger charge is -2.16. The van der Waals surface area contributed by atoms with Crippen molar-refractivity contribution >= 4 is 0 Å². The highest BCUT2D eigenvalue weighted by Crippen LogP contribution is 2.21. The Morgan fingerprint density at radius 2 is 2.05 bits per heavy atom. The molecule has 2 nitrogen and oxygen atoms in total. The molecular formula is C17H22FNO. The smallest absolute Gasteiger partial charge is 0.123 e. The summed E-state index contributed by atoms with van der Waals surface area (Å²) in [5.41, 5.74) is 0.980. The van der Waals surface area contributed by atoms with Crippen molar-refractivity contribution in [2.45, 2.75) is 39.2 Å².